The molecule has 0 unspecified atom stereocenters. The summed E-state index contributed by atoms with van der Waals surface area (Å²) in [7, 11) is -2.89. The van der Waals surface area contributed by atoms with Crippen molar-refractivity contribution in [2.45, 2.75) is 0 Å². The summed E-state index contributed by atoms with van der Waals surface area (Å²) in [6, 6.07) is 0. The zero-order valence-electron chi connectivity index (χ0n) is 7.14. The predicted molar refractivity (Wildman–Crippen MR) is 46.7 cm³/mol. The van der Waals surface area contributed by atoms with Crippen LogP contribution < -0.4 is 9.44 Å². The van der Waals surface area contributed by atoms with Gasteiger partial charge in [-0.1, -0.05) is 0 Å². The average Bonchev–Trinajstić information content (AvgIpc) is 2.54. The second kappa shape index (κ2) is 3.96. The molecule has 78 valence electrons. The number of rotatable bonds is 3. The lowest BCUT2D eigenvalue weighted by Gasteiger charge is -2.05. The van der Waals surface area contributed by atoms with Crippen LogP contribution in [0.3, 0.4) is 0 Å². The largest absolute Gasteiger partial charge is 0.452 e. The highest BCUT2D eigenvalue weighted by Gasteiger charge is 2.14. The van der Waals surface area contributed by atoms with Crippen LogP contribution in [0.15, 0.2) is 12.4 Å². The van der Waals surface area contributed by atoms with Gasteiger partial charge in [0.2, 0.25) is 0 Å². The number of H-pyrrole nitrogens is 1. The van der Waals surface area contributed by atoms with Crippen molar-refractivity contribution in [2.24, 2.45) is 0 Å². The lowest BCUT2D eigenvalue weighted by atomic mass is 10.6. The first kappa shape index (κ1) is 10.3. The van der Waals surface area contributed by atoms with Crippen molar-refractivity contribution in [2.75, 3.05) is 11.8 Å². The third-order valence-corrected chi connectivity index (χ3v) is 2.09. The first-order valence-corrected chi connectivity index (χ1v) is 4.89. The molecular formula is C5H8N4O4S. The van der Waals surface area contributed by atoms with E-state index in [1.165, 1.54) is 12.4 Å². The minimum atomic E-state index is -3.95. The Kier molecular flexibility index (Phi) is 2.92. The van der Waals surface area contributed by atoms with Gasteiger partial charge >= 0.3 is 16.3 Å². The second-order valence-corrected chi connectivity index (χ2v) is 3.60. The molecule has 0 saturated carbocycles. The van der Waals surface area contributed by atoms with Crippen molar-refractivity contribution in [1.82, 2.24) is 14.9 Å². The number of hydrogen-bond acceptors (Lipinski definition) is 5. The topological polar surface area (TPSA) is 113 Å². The van der Waals surface area contributed by atoms with Crippen LogP contribution in [0.5, 0.6) is 0 Å². The number of nitrogens with zero attached hydrogens (tertiary/aromatic N) is 1. The highest BCUT2D eigenvalue weighted by molar-refractivity contribution is 7.91. The molecule has 3 N–H and O–H groups in total. The number of amides is 1. The molecule has 8 nitrogen and oxygen atoms in total. The number of ether oxygens (including phenoxy) is 1. The first-order chi connectivity index (χ1) is 6.53. The molecule has 0 aliphatic rings. The smallest absolute Gasteiger partial charge is 0.422 e. The second-order valence-electron chi connectivity index (χ2n) is 2.19. The third kappa shape index (κ3) is 2.94. The van der Waals surface area contributed by atoms with Crippen LogP contribution in [0.25, 0.3) is 0 Å². The standard InChI is InChI=1S/C5H8N4O4S/c1-13-5(10)9-14(11,12)8-4-2-6-7-3-4/h2-3,8H,1H3,(H,6,7)(H,9,10). The highest BCUT2D eigenvalue weighted by Crippen LogP contribution is 2.02. The van der Waals surface area contributed by atoms with E-state index in [0.717, 1.165) is 7.11 Å². The van der Waals surface area contributed by atoms with E-state index in [2.05, 4.69) is 14.9 Å². The van der Waals surface area contributed by atoms with E-state index in [1.807, 2.05) is 4.72 Å². The molecular weight excluding hydrogens is 212 g/mol. The zero-order valence-corrected chi connectivity index (χ0v) is 7.96. The van der Waals surface area contributed by atoms with Gasteiger partial charge < -0.3 is 4.74 Å². The minimum absolute atomic E-state index is 0.210. The summed E-state index contributed by atoms with van der Waals surface area (Å²) in [5.74, 6) is 0. The Labute approximate surface area is 79.8 Å². The van der Waals surface area contributed by atoms with E-state index in [4.69, 9.17) is 0 Å². The van der Waals surface area contributed by atoms with Gasteiger partial charge in [-0.3, -0.25) is 9.82 Å². The maximum absolute atomic E-state index is 11.1. The fourth-order valence-electron chi connectivity index (χ4n) is 0.639. The number of aromatic nitrogens is 2. The van der Waals surface area contributed by atoms with Crippen molar-refractivity contribution >= 4 is 22.0 Å². The van der Waals surface area contributed by atoms with Crippen LogP contribution in [-0.4, -0.2) is 31.8 Å². The van der Waals surface area contributed by atoms with E-state index >= 15 is 0 Å². The summed E-state index contributed by atoms with van der Waals surface area (Å²) in [6.45, 7) is 0. The molecule has 0 aliphatic heterocycles. The number of hydrogen-bond donors (Lipinski definition) is 3. The molecule has 9 heteroatoms. The predicted octanol–water partition coefficient (Wildman–Crippen LogP) is -0.578. The van der Waals surface area contributed by atoms with Gasteiger partial charge in [0, 0.05) is 6.20 Å². The summed E-state index contributed by atoms with van der Waals surface area (Å²) in [6.07, 6.45) is 1.49. The van der Waals surface area contributed by atoms with Crippen LogP contribution in [0, 0.1) is 0 Å². The summed E-state index contributed by atoms with van der Waals surface area (Å²) >= 11 is 0. The maximum Gasteiger partial charge on any atom is 0.422 e. The van der Waals surface area contributed by atoms with Crippen LogP contribution in [0.2, 0.25) is 0 Å². The van der Waals surface area contributed by atoms with E-state index in [-0.39, 0.29) is 5.69 Å². The quantitative estimate of drug-likeness (QED) is 0.630. The van der Waals surface area contributed by atoms with Crippen molar-refractivity contribution in [3.05, 3.63) is 12.4 Å². The molecule has 0 radical (unpaired) electrons. The minimum Gasteiger partial charge on any atom is -0.452 e. The Hall–Kier alpha value is -1.77. The van der Waals surface area contributed by atoms with E-state index in [0.29, 0.717) is 0 Å². The molecule has 1 amide bonds. The molecule has 0 bridgehead atoms. The van der Waals surface area contributed by atoms with Crippen LogP contribution >= 0.6 is 0 Å². The fourth-order valence-corrected chi connectivity index (χ4v) is 1.41. The van der Waals surface area contributed by atoms with Crippen LogP contribution in [0.4, 0.5) is 10.5 Å². The van der Waals surface area contributed by atoms with Gasteiger partial charge in [-0.25, -0.2) is 9.52 Å². The van der Waals surface area contributed by atoms with Gasteiger partial charge in [0.05, 0.1) is 19.0 Å². The Balaban J connectivity index is 2.64. The first-order valence-electron chi connectivity index (χ1n) is 3.41. The van der Waals surface area contributed by atoms with E-state index < -0.39 is 16.3 Å². The summed E-state index contributed by atoms with van der Waals surface area (Å²) < 4.78 is 30.0. The molecule has 0 saturated heterocycles. The van der Waals surface area contributed by atoms with Crippen LogP contribution in [0.1, 0.15) is 0 Å². The van der Waals surface area contributed by atoms with Crippen molar-refractivity contribution in [3.63, 3.8) is 0 Å². The normalized spacial score (nSPS) is 10.6. The van der Waals surface area contributed by atoms with Crippen molar-refractivity contribution in [3.8, 4) is 0 Å². The molecule has 1 aromatic rings. The third-order valence-electron chi connectivity index (χ3n) is 1.15. The molecule has 0 spiro atoms. The van der Waals surface area contributed by atoms with E-state index in [1.54, 1.807) is 4.72 Å². The summed E-state index contributed by atoms with van der Waals surface area (Å²) in [5, 5.41) is 5.91. The number of carbonyl (C=O) groups excluding carboxylic acids is 1. The van der Waals surface area contributed by atoms with Gasteiger partial charge in [0.15, 0.2) is 0 Å². The number of anilines is 1. The van der Waals surface area contributed by atoms with Gasteiger partial charge in [0.1, 0.15) is 0 Å². The van der Waals surface area contributed by atoms with Crippen molar-refractivity contribution < 1.29 is 17.9 Å². The Morgan fingerprint density at radius 2 is 2.36 bits per heavy atom. The maximum atomic E-state index is 11.1. The SMILES string of the molecule is COC(=O)NS(=O)(=O)Nc1cn[nH]c1. The molecule has 1 heterocycles. The van der Waals surface area contributed by atoms with Gasteiger partial charge in [0.25, 0.3) is 0 Å². The number of aromatic amines is 1. The zero-order chi connectivity index (χ0) is 10.6. The van der Waals surface area contributed by atoms with Gasteiger partial charge in [-0.15, -0.1) is 0 Å². The Morgan fingerprint density at radius 1 is 1.64 bits per heavy atom. The Morgan fingerprint density at radius 3 is 2.86 bits per heavy atom. The lowest BCUT2D eigenvalue weighted by Crippen LogP contribution is -2.35. The summed E-state index contributed by atoms with van der Waals surface area (Å²) in [5.41, 5.74) is 0.210. The molecule has 14 heavy (non-hydrogen) atoms. The Bertz CT molecular complexity index is 397. The number of nitrogens with one attached hydrogen (secondary N) is 3. The van der Waals surface area contributed by atoms with Gasteiger partial charge in [-0.05, 0) is 0 Å². The lowest BCUT2D eigenvalue weighted by molar-refractivity contribution is 0.177. The summed E-state index contributed by atoms with van der Waals surface area (Å²) in [4.78, 5) is 10.6. The van der Waals surface area contributed by atoms with E-state index in [9.17, 15) is 13.2 Å². The van der Waals surface area contributed by atoms with Crippen LogP contribution in [-0.2, 0) is 14.9 Å². The molecule has 0 atom stereocenters. The molecule has 1 aromatic heterocycles. The number of methoxy groups -OCH3 is 1. The monoisotopic (exact) mass is 220 g/mol. The highest BCUT2D eigenvalue weighted by atomic mass is 32.2. The number of carbonyl (C=O) groups is 1. The molecule has 0 fully saturated rings. The molecule has 1 rings (SSSR count). The molecule has 0 aliphatic carbocycles. The van der Waals surface area contributed by atoms with Gasteiger partial charge in [-0.2, -0.15) is 13.5 Å². The average molecular weight is 220 g/mol. The fraction of sp³-hybridized carbons (Fsp3) is 0.200. The van der Waals surface area contributed by atoms with Crippen molar-refractivity contribution in [1.29, 1.82) is 0 Å². The molecule has 0 aromatic carbocycles.